The lowest BCUT2D eigenvalue weighted by molar-refractivity contribution is -0.132. The molecule has 0 radical (unpaired) electrons. The fraction of sp³-hybridized carbons (Fsp3) is 0.316. The Bertz CT molecular complexity index is 907. The Hall–Kier alpha value is -2.38. The summed E-state index contributed by atoms with van der Waals surface area (Å²) in [5, 5.41) is 1.60. The number of benzene rings is 1. The summed E-state index contributed by atoms with van der Waals surface area (Å²) in [5.41, 5.74) is 0.925. The number of fused-ring (bicyclic) bond motifs is 1. The van der Waals surface area contributed by atoms with Gasteiger partial charge in [0.25, 0.3) is 0 Å². The number of piperazine rings is 1. The highest BCUT2D eigenvalue weighted by molar-refractivity contribution is 7.21. The molecule has 0 bridgehead atoms. The second-order valence-corrected chi connectivity index (χ2v) is 7.64. The number of nitrogens with zero attached hydrogens (tertiary/aromatic N) is 4. The molecule has 2 aromatic heterocycles. The third-order valence-electron chi connectivity index (χ3n) is 4.44. The van der Waals surface area contributed by atoms with Crippen LogP contribution in [0, 0.1) is 0 Å². The van der Waals surface area contributed by atoms with E-state index in [4.69, 9.17) is 16.3 Å². The molecule has 3 heterocycles. The maximum atomic E-state index is 12.4. The monoisotopic (exact) mass is 402 g/mol. The van der Waals surface area contributed by atoms with Crippen LogP contribution in [-0.2, 0) is 4.79 Å². The van der Waals surface area contributed by atoms with Crippen molar-refractivity contribution < 1.29 is 9.53 Å². The molecule has 0 spiro atoms. The zero-order valence-corrected chi connectivity index (χ0v) is 16.2. The molecule has 1 fully saturated rings. The Morgan fingerprint density at radius 2 is 2.04 bits per heavy atom. The number of carbonyl (C=O) groups is 1. The number of ether oxygens (including phenoxy) is 1. The van der Waals surface area contributed by atoms with Crippen molar-refractivity contribution in [2.24, 2.45) is 0 Å². The first-order valence-electron chi connectivity index (χ1n) is 8.82. The van der Waals surface area contributed by atoms with Crippen LogP contribution < -0.4 is 9.64 Å². The van der Waals surface area contributed by atoms with Crippen LogP contribution in [0.3, 0.4) is 0 Å². The number of thiazole rings is 1. The van der Waals surface area contributed by atoms with E-state index in [0.29, 0.717) is 36.9 Å². The van der Waals surface area contributed by atoms with Crippen molar-refractivity contribution in [1.29, 1.82) is 0 Å². The predicted octanol–water partition coefficient (Wildman–Crippen LogP) is 3.46. The van der Waals surface area contributed by atoms with E-state index < -0.39 is 0 Å². The van der Waals surface area contributed by atoms with Gasteiger partial charge in [0.2, 0.25) is 5.91 Å². The van der Waals surface area contributed by atoms with Gasteiger partial charge in [0, 0.05) is 37.4 Å². The van der Waals surface area contributed by atoms with Gasteiger partial charge in [0.1, 0.15) is 16.1 Å². The molecule has 1 saturated heterocycles. The number of anilines is 1. The molecule has 4 rings (SSSR count). The highest BCUT2D eigenvalue weighted by atomic mass is 35.5. The standard InChI is InChI=1S/C19H19ClN4O2S/c20-14-3-1-4-15(13-14)26-12-6-17(25)23-8-10-24(11-9-23)19-22-16-5-2-7-21-18(16)27-19/h1-5,7,13H,6,8-12H2. The predicted molar refractivity (Wildman–Crippen MR) is 108 cm³/mol. The van der Waals surface area contributed by atoms with Gasteiger partial charge in [-0.3, -0.25) is 4.79 Å². The lowest BCUT2D eigenvalue weighted by atomic mass is 10.3. The minimum Gasteiger partial charge on any atom is -0.493 e. The zero-order chi connectivity index (χ0) is 18.6. The highest BCUT2D eigenvalue weighted by Gasteiger charge is 2.23. The van der Waals surface area contributed by atoms with Crippen LogP contribution >= 0.6 is 22.9 Å². The summed E-state index contributed by atoms with van der Waals surface area (Å²) in [4.78, 5) is 26.5. The Morgan fingerprint density at radius 3 is 2.81 bits per heavy atom. The second-order valence-electron chi connectivity index (χ2n) is 6.25. The summed E-state index contributed by atoms with van der Waals surface area (Å²) in [6, 6.07) is 11.1. The van der Waals surface area contributed by atoms with Gasteiger partial charge in [-0.05, 0) is 30.3 Å². The molecule has 1 aliphatic rings. The molecule has 0 N–H and O–H groups in total. The van der Waals surface area contributed by atoms with Crippen molar-refractivity contribution in [3.8, 4) is 5.75 Å². The number of pyridine rings is 1. The lowest BCUT2D eigenvalue weighted by Crippen LogP contribution is -2.49. The van der Waals surface area contributed by atoms with E-state index in [2.05, 4.69) is 14.9 Å². The van der Waals surface area contributed by atoms with E-state index in [1.807, 2.05) is 29.2 Å². The van der Waals surface area contributed by atoms with Crippen LogP contribution in [0.4, 0.5) is 5.13 Å². The summed E-state index contributed by atoms with van der Waals surface area (Å²) in [6.07, 6.45) is 2.14. The molecule has 140 valence electrons. The van der Waals surface area contributed by atoms with Crippen LogP contribution in [0.25, 0.3) is 10.3 Å². The van der Waals surface area contributed by atoms with Crippen LogP contribution in [0.15, 0.2) is 42.6 Å². The topological polar surface area (TPSA) is 58.6 Å². The van der Waals surface area contributed by atoms with Crippen LogP contribution in [-0.4, -0.2) is 53.6 Å². The number of amides is 1. The van der Waals surface area contributed by atoms with E-state index in [1.165, 1.54) is 0 Å². The van der Waals surface area contributed by atoms with E-state index in [-0.39, 0.29) is 5.91 Å². The van der Waals surface area contributed by atoms with E-state index in [9.17, 15) is 4.79 Å². The van der Waals surface area contributed by atoms with Gasteiger partial charge in [-0.25, -0.2) is 9.97 Å². The molecule has 0 saturated carbocycles. The van der Waals surface area contributed by atoms with Crippen molar-refractivity contribution in [3.05, 3.63) is 47.6 Å². The average molecular weight is 403 g/mol. The number of carbonyl (C=O) groups excluding carboxylic acids is 1. The smallest absolute Gasteiger partial charge is 0.226 e. The summed E-state index contributed by atoms with van der Waals surface area (Å²) < 4.78 is 5.61. The molecule has 0 atom stereocenters. The second kappa shape index (κ2) is 8.10. The van der Waals surface area contributed by atoms with Crippen molar-refractivity contribution >= 4 is 44.3 Å². The lowest BCUT2D eigenvalue weighted by Gasteiger charge is -2.34. The van der Waals surface area contributed by atoms with Crippen molar-refractivity contribution in [2.75, 3.05) is 37.7 Å². The number of hydrogen-bond acceptors (Lipinski definition) is 6. The first-order valence-corrected chi connectivity index (χ1v) is 10.0. The Balaban J connectivity index is 1.26. The SMILES string of the molecule is O=C(CCOc1cccc(Cl)c1)N1CCN(c2nc3cccnc3s2)CC1. The van der Waals surface area contributed by atoms with E-state index in [0.717, 1.165) is 28.6 Å². The molecule has 0 aliphatic carbocycles. The van der Waals surface area contributed by atoms with Gasteiger partial charge in [0.05, 0.1) is 13.0 Å². The normalized spacial score (nSPS) is 14.6. The van der Waals surface area contributed by atoms with Gasteiger partial charge in [0.15, 0.2) is 5.13 Å². The summed E-state index contributed by atoms with van der Waals surface area (Å²) in [6.45, 7) is 3.29. The molecule has 0 unspecified atom stereocenters. The summed E-state index contributed by atoms with van der Waals surface area (Å²) >= 11 is 7.53. The fourth-order valence-corrected chi connectivity index (χ4v) is 4.15. The van der Waals surface area contributed by atoms with Gasteiger partial charge in [-0.15, -0.1) is 0 Å². The molecule has 1 amide bonds. The minimum atomic E-state index is 0.114. The zero-order valence-electron chi connectivity index (χ0n) is 14.7. The molecular formula is C19H19ClN4O2S. The summed E-state index contributed by atoms with van der Waals surface area (Å²) in [7, 11) is 0. The van der Waals surface area contributed by atoms with Crippen LogP contribution in [0.1, 0.15) is 6.42 Å². The quantitative estimate of drug-likeness (QED) is 0.654. The summed E-state index contributed by atoms with van der Waals surface area (Å²) in [5.74, 6) is 0.798. The maximum absolute atomic E-state index is 12.4. The van der Waals surface area contributed by atoms with Crippen LogP contribution in [0.2, 0.25) is 5.02 Å². The number of rotatable bonds is 5. The molecule has 1 aromatic carbocycles. The van der Waals surface area contributed by atoms with Crippen molar-refractivity contribution in [2.45, 2.75) is 6.42 Å². The maximum Gasteiger partial charge on any atom is 0.226 e. The average Bonchev–Trinajstić information content (AvgIpc) is 3.12. The Labute approximate surface area is 166 Å². The molecule has 8 heteroatoms. The first kappa shape index (κ1) is 18.0. The van der Waals surface area contributed by atoms with Crippen molar-refractivity contribution in [1.82, 2.24) is 14.9 Å². The van der Waals surface area contributed by atoms with E-state index in [1.54, 1.807) is 29.7 Å². The number of hydrogen-bond donors (Lipinski definition) is 0. The van der Waals surface area contributed by atoms with Crippen LogP contribution in [0.5, 0.6) is 5.75 Å². The minimum absolute atomic E-state index is 0.114. The first-order chi connectivity index (χ1) is 13.2. The third kappa shape index (κ3) is 4.31. The van der Waals surface area contributed by atoms with Crippen molar-refractivity contribution in [3.63, 3.8) is 0 Å². The molecule has 1 aliphatic heterocycles. The molecule has 3 aromatic rings. The Morgan fingerprint density at radius 1 is 1.19 bits per heavy atom. The third-order valence-corrected chi connectivity index (χ3v) is 5.71. The van der Waals surface area contributed by atoms with Gasteiger partial charge >= 0.3 is 0 Å². The Kier molecular flexibility index (Phi) is 5.40. The fourth-order valence-electron chi connectivity index (χ4n) is 3.01. The van der Waals surface area contributed by atoms with E-state index >= 15 is 0 Å². The highest BCUT2D eigenvalue weighted by Crippen LogP contribution is 2.27. The number of halogens is 1. The molecule has 27 heavy (non-hydrogen) atoms. The largest absolute Gasteiger partial charge is 0.493 e. The molecule has 6 nitrogen and oxygen atoms in total. The van der Waals surface area contributed by atoms with Gasteiger partial charge < -0.3 is 14.5 Å². The van der Waals surface area contributed by atoms with Gasteiger partial charge in [-0.1, -0.05) is 29.0 Å². The van der Waals surface area contributed by atoms with Gasteiger partial charge in [-0.2, -0.15) is 0 Å². The number of aromatic nitrogens is 2. The molecular weight excluding hydrogens is 384 g/mol.